The Morgan fingerprint density at radius 2 is 1.59 bits per heavy atom. The first kappa shape index (κ1) is 22.7. The first-order valence-corrected chi connectivity index (χ1v) is 12.1. The van der Waals surface area contributed by atoms with Crippen molar-refractivity contribution in [1.29, 1.82) is 0 Å². The van der Waals surface area contributed by atoms with Crippen molar-refractivity contribution in [1.82, 2.24) is 10.2 Å². The number of nitrogens with zero attached hydrogens (tertiary/aromatic N) is 1. The number of ether oxygens (including phenoxy) is 2. The molecule has 0 saturated heterocycles. The predicted molar refractivity (Wildman–Crippen MR) is 139 cm³/mol. The summed E-state index contributed by atoms with van der Waals surface area (Å²) in [4.78, 5) is 27.8. The van der Waals surface area contributed by atoms with Crippen molar-refractivity contribution in [2.24, 2.45) is 0 Å². The summed E-state index contributed by atoms with van der Waals surface area (Å²) in [7, 11) is 0. The van der Waals surface area contributed by atoms with Crippen LogP contribution in [-0.2, 0) is 13.1 Å². The Morgan fingerprint density at radius 1 is 0.838 bits per heavy atom. The second-order valence-electron chi connectivity index (χ2n) is 9.00. The zero-order valence-electron chi connectivity index (χ0n) is 20.0. The maximum atomic E-state index is 13.3. The number of carbonyl (C=O) groups excluding carboxylic acids is 2. The normalized spacial score (nSPS) is 15.4. The van der Waals surface area contributed by atoms with Crippen molar-refractivity contribution in [2.75, 3.05) is 12.1 Å². The molecule has 4 aromatic carbocycles. The Labute approximate surface area is 214 Å². The van der Waals surface area contributed by atoms with Crippen LogP contribution in [0, 0.1) is 0 Å². The molecule has 0 bridgehead atoms. The third-order valence-electron chi connectivity index (χ3n) is 6.59. The van der Waals surface area contributed by atoms with E-state index in [1.165, 1.54) is 0 Å². The zero-order valence-corrected chi connectivity index (χ0v) is 20.0. The van der Waals surface area contributed by atoms with Gasteiger partial charge < -0.3 is 25.0 Å². The largest absolute Gasteiger partial charge is 0.454 e. The predicted octanol–water partition coefficient (Wildman–Crippen LogP) is 5.11. The molecule has 6 rings (SSSR count). The van der Waals surface area contributed by atoms with Gasteiger partial charge in [0.15, 0.2) is 11.5 Å². The maximum absolute atomic E-state index is 13.3. The quantitative estimate of drug-likeness (QED) is 0.376. The van der Waals surface area contributed by atoms with E-state index in [1.807, 2.05) is 89.8 Å². The van der Waals surface area contributed by atoms with E-state index >= 15 is 0 Å². The van der Waals surface area contributed by atoms with Gasteiger partial charge in [0.2, 0.25) is 6.79 Å². The second-order valence-corrected chi connectivity index (χ2v) is 9.00. The van der Waals surface area contributed by atoms with Gasteiger partial charge >= 0.3 is 0 Å². The van der Waals surface area contributed by atoms with E-state index in [1.54, 1.807) is 12.1 Å². The van der Waals surface area contributed by atoms with Gasteiger partial charge in [-0.05, 0) is 53.6 Å². The highest BCUT2D eigenvalue weighted by molar-refractivity contribution is 5.99. The number of fused-ring (bicyclic) bond motifs is 2. The van der Waals surface area contributed by atoms with Gasteiger partial charge in [-0.25, -0.2) is 0 Å². The molecule has 7 heteroatoms. The minimum atomic E-state index is -0.355. The molecule has 7 nitrogen and oxygen atoms in total. The lowest BCUT2D eigenvalue weighted by molar-refractivity contribution is 0.0728. The molecule has 2 aliphatic rings. The number of carbonyl (C=O) groups is 2. The lowest BCUT2D eigenvalue weighted by atomic mass is 10.1. The number of rotatable bonds is 7. The van der Waals surface area contributed by atoms with Gasteiger partial charge in [-0.2, -0.15) is 0 Å². The fourth-order valence-corrected chi connectivity index (χ4v) is 4.68. The molecule has 2 aliphatic heterocycles. The van der Waals surface area contributed by atoms with Crippen molar-refractivity contribution in [3.8, 4) is 11.5 Å². The van der Waals surface area contributed by atoms with Crippen LogP contribution in [0.2, 0.25) is 0 Å². The van der Waals surface area contributed by atoms with Gasteiger partial charge in [0.05, 0.1) is 0 Å². The van der Waals surface area contributed by atoms with Crippen molar-refractivity contribution in [3.05, 3.63) is 125 Å². The lowest BCUT2D eigenvalue weighted by Gasteiger charge is -2.27. The average Bonchev–Trinajstić information content (AvgIpc) is 3.51. The fraction of sp³-hybridized carbons (Fsp3) is 0.133. The highest BCUT2D eigenvalue weighted by Crippen LogP contribution is 2.37. The molecule has 184 valence electrons. The zero-order chi connectivity index (χ0) is 25.2. The van der Waals surface area contributed by atoms with Crippen LogP contribution in [0.3, 0.4) is 0 Å². The second kappa shape index (κ2) is 9.70. The average molecular weight is 492 g/mol. The molecular formula is C30H25N3O4. The van der Waals surface area contributed by atoms with Crippen LogP contribution >= 0.6 is 0 Å². The molecule has 1 unspecified atom stereocenters. The number of hydrogen-bond acceptors (Lipinski definition) is 5. The van der Waals surface area contributed by atoms with E-state index in [0.29, 0.717) is 35.7 Å². The van der Waals surface area contributed by atoms with Crippen LogP contribution < -0.4 is 20.1 Å². The molecule has 0 aliphatic carbocycles. The summed E-state index contributed by atoms with van der Waals surface area (Å²) >= 11 is 0. The molecule has 1 atom stereocenters. The summed E-state index contributed by atoms with van der Waals surface area (Å²) in [6.07, 6.45) is -0.355. The highest BCUT2D eigenvalue weighted by atomic mass is 16.7. The van der Waals surface area contributed by atoms with Gasteiger partial charge in [0.1, 0.15) is 6.17 Å². The molecule has 2 amide bonds. The van der Waals surface area contributed by atoms with E-state index < -0.39 is 0 Å². The minimum absolute atomic E-state index is 0.0392. The van der Waals surface area contributed by atoms with Gasteiger partial charge in [-0.1, -0.05) is 54.6 Å². The highest BCUT2D eigenvalue weighted by Gasteiger charge is 2.36. The van der Waals surface area contributed by atoms with Gasteiger partial charge in [-0.3, -0.25) is 9.59 Å². The molecule has 0 aromatic heterocycles. The van der Waals surface area contributed by atoms with Crippen LogP contribution in [-0.4, -0.2) is 23.5 Å². The molecule has 0 radical (unpaired) electrons. The monoisotopic (exact) mass is 491 g/mol. The van der Waals surface area contributed by atoms with E-state index in [0.717, 1.165) is 22.4 Å². The number of nitrogens with one attached hydrogen (secondary N) is 2. The number of anilines is 1. The topological polar surface area (TPSA) is 79.9 Å². The third kappa shape index (κ3) is 4.59. The Kier molecular flexibility index (Phi) is 5.94. The lowest BCUT2D eigenvalue weighted by Crippen LogP contribution is -2.31. The van der Waals surface area contributed by atoms with Crippen molar-refractivity contribution in [2.45, 2.75) is 19.3 Å². The summed E-state index contributed by atoms with van der Waals surface area (Å²) in [5, 5.41) is 6.44. The third-order valence-corrected chi connectivity index (χ3v) is 6.59. The number of benzene rings is 4. The molecule has 2 heterocycles. The molecule has 0 saturated carbocycles. The molecule has 2 N–H and O–H groups in total. The minimum Gasteiger partial charge on any atom is -0.454 e. The maximum Gasteiger partial charge on any atom is 0.256 e. The van der Waals surface area contributed by atoms with Crippen LogP contribution in [0.15, 0.2) is 97.1 Å². The SMILES string of the molecule is O=C(NCc1ccccc1)c1ccc(NC2c3ccccc3C(=O)N2Cc2ccc3c(c2)OCO3)cc1. The van der Waals surface area contributed by atoms with E-state index in [-0.39, 0.29) is 24.8 Å². The Bertz CT molecular complexity index is 1450. The van der Waals surface area contributed by atoms with Crippen LogP contribution in [0.5, 0.6) is 11.5 Å². The molecule has 37 heavy (non-hydrogen) atoms. The first-order valence-electron chi connectivity index (χ1n) is 12.1. The van der Waals surface area contributed by atoms with Gasteiger partial charge in [0.25, 0.3) is 11.8 Å². The van der Waals surface area contributed by atoms with Crippen LogP contribution in [0.1, 0.15) is 43.6 Å². The van der Waals surface area contributed by atoms with Crippen LogP contribution in [0.25, 0.3) is 0 Å². The molecular weight excluding hydrogens is 466 g/mol. The van der Waals surface area contributed by atoms with Crippen molar-refractivity contribution >= 4 is 17.5 Å². The summed E-state index contributed by atoms with van der Waals surface area (Å²) in [6.45, 7) is 1.08. The summed E-state index contributed by atoms with van der Waals surface area (Å²) < 4.78 is 10.9. The summed E-state index contributed by atoms with van der Waals surface area (Å²) in [5.41, 5.74) is 4.96. The van der Waals surface area contributed by atoms with E-state index in [9.17, 15) is 9.59 Å². The van der Waals surface area contributed by atoms with Crippen LogP contribution in [0.4, 0.5) is 5.69 Å². The standard InChI is InChI=1S/C30H25N3O4/c34-29(31-17-20-6-2-1-3-7-20)22-11-13-23(14-12-22)32-28-24-8-4-5-9-25(24)30(35)33(28)18-21-10-15-26-27(16-21)37-19-36-26/h1-16,28,32H,17-19H2,(H,31,34). The van der Waals surface area contributed by atoms with Crippen molar-refractivity contribution in [3.63, 3.8) is 0 Å². The molecule has 0 spiro atoms. The van der Waals surface area contributed by atoms with E-state index in [4.69, 9.17) is 9.47 Å². The number of hydrogen-bond donors (Lipinski definition) is 2. The Hall–Kier alpha value is -4.78. The first-order chi connectivity index (χ1) is 18.2. The van der Waals surface area contributed by atoms with Gasteiger partial charge in [-0.15, -0.1) is 0 Å². The smallest absolute Gasteiger partial charge is 0.256 e. The molecule has 0 fully saturated rings. The fourth-order valence-electron chi connectivity index (χ4n) is 4.68. The Balaban J connectivity index is 1.19. The molecule has 4 aromatic rings. The van der Waals surface area contributed by atoms with E-state index in [2.05, 4.69) is 10.6 Å². The summed E-state index contributed by atoms with van der Waals surface area (Å²) in [6, 6.07) is 30.5. The Morgan fingerprint density at radius 3 is 2.43 bits per heavy atom. The summed E-state index contributed by atoms with van der Waals surface area (Å²) in [5.74, 6) is 1.22. The van der Waals surface area contributed by atoms with Crippen molar-refractivity contribution < 1.29 is 19.1 Å². The number of amides is 2. The van der Waals surface area contributed by atoms with Gasteiger partial charge in [0, 0.05) is 35.5 Å².